The van der Waals surface area contributed by atoms with E-state index in [1.165, 1.54) is 16.7 Å². The van der Waals surface area contributed by atoms with E-state index in [2.05, 4.69) is 53.3 Å². The Labute approximate surface area is 126 Å². The number of fused-ring (bicyclic) bond motifs is 1. The monoisotopic (exact) mass is 282 g/mol. The quantitative estimate of drug-likeness (QED) is 0.856. The van der Waals surface area contributed by atoms with Crippen molar-refractivity contribution < 1.29 is 0 Å². The van der Waals surface area contributed by atoms with Gasteiger partial charge in [0.25, 0.3) is 0 Å². The Morgan fingerprint density at radius 1 is 1.19 bits per heavy atom. The molecule has 4 heteroatoms. The van der Waals surface area contributed by atoms with Crippen LogP contribution in [0, 0.1) is 6.92 Å². The number of hydrogen-bond acceptors (Lipinski definition) is 4. The van der Waals surface area contributed by atoms with Gasteiger partial charge in [-0.25, -0.2) is 9.97 Å². The van der Waals surface area contributed by atoms with Crippen molar-refractivity contribution in [3.8, 4) is 0 Å². The molecule has 0 fully saturated rings. The van der Waals surface area contributed by atoms with Crippen molar-refractivity contribution in [2.45, 2.75) is 39.9 Å². The van der Waals surface area contributed by atoms with E-state index in [4.69, 9.17) is 4.98 Å². The predicted molar refractivity (Wildman–Crippen MR) is 85.1 cm³/mol. The highest BCUT2D eigenvalue weighted by atomic mass is 15.3. The topological polar surface area (TPSA) is 41.1 Å². The van der Waals surface area contributed by atoms with Gasteiger partial charge in [0.1, 0.15) is 0 Å². The molecule has 0 unspecified atom stereocenters. The fourth-order valence-corrected chi connectivity index (χ4v) is 2.68. The van der Waals surface area contributed by atoms with Gasteiger partial charge in [-0.05, 0) is 31.0 Å². The van der Waals surface area contributed by atoms with E-state index in [0.29, 0.717) is 0 Å². The van der Waals surface area contributed by atoms with E-state index in [-0.39, 0.29) is 0 Å². The number of benzene rings is 1. The molecule has 3 rings (SSSR count). The molecule has 0 bridgehead atoms. The molecule has 0 amide bonds. The highest BCUT2D eigenvalue weighted by molar-refractivity contribution is 5.43. The van der Waals surface area contributed by atoms with Crippen molar-refractivity contribution in [2.24, 2.45) is 0 Å². The van der Waals surface area contributed by atoms with Crippen LogP contribution in [0.25, 0.3) is 0 Å². The molecule has 2 aromatic rings. The van der Waals surface area contributed by atoms with Crippen LogP contribution in [0.1, 0.15) is 35.7 Å². The van der Waals surface area contributed by atoms with Gasteiger partial charge in [-0.1, -0.05) is 31.2 Å². The van der Waals surface area contributed by atoms with Gasteiger partial charge in [0, 0.05) is 37.1 Å². The molecule has 0 saturated carbocycles. The van der Waals surface area contributed by atoms with E-state index in [1.54, 1.807) is 0 Å². The van der Waals surface area contributed by atoms with E-state index in [1.807, 2.05) is 6.20 Å². The molecular formula is C17H22N4. The Kier molecular flexibility index (Phi) is 4.15. The standard InChI is InChI=1S/C17H22N4/c1-3-8-18-9-16-10-19-17(20-13(16)2)21-11-14-6-4-5-7-15(14)12-21/h4-7,10,18H,3,8-9,11-12H2,1-2H3. The number of nitrogens with zero attached hydrogens (tertiary/aromatic N) is 3. The van der Waals surface area contributed by atoms with Gasteiger partial charge in [0.2, 0.25) is 5.95 Å². The zero-order valence-electron chi connectivity index (χ0n) is 12.8. The zero-order valence-corrected chi connectivity index (χ0v) is 12.8. The van der Waals surface area contributed by atoms with Gasteiger partial charge in [-0.15, -0.1) is 0 Å². The summed E-state index contributed by atoms with van der Waals surface area (Å²) in [6.07, 6.45) is 3.10. The third kappa shape index (κ3) is 3.05. The fraction of sp³-hybridized carbons (Fsp3) is 0.412. The van der Waals surface area contributed by atoms with E-state index in [0.717, 1.165) is 44.2 Å². The van der Waals surface area contributed by atoms with Gasteiger partial charge in [0.15, 0.2) is 0 Å². The first-order valence-electron chi connectivity index (χ1n) is 7.63. The molecule has 1 N–H and O–H groups in total. The third-order valence-electron chi connectivity index (χ3n) is 3.93. The lowest BCUT2D eigenvalue weighted by atomic mass is 10.1. The Bertz CT molecular complexity index is 599. The second kappa shape index (κ2) is 6.22. The maximum absolute atomic E-state index is 4.69. The number of aromatic nitrogens is 2. The van der Waals surface area contributed by atoms with Crippen LogP contribution in [0.2, 0.25) is 0 Å². The van der Waals surface area contributed by atoms with Crippen LogP contribution in [0.4, 0.5) is 5.95 Å². The van der Waals surface area contributed by atoms with E-state index < -0.39 is 0 Å². The number of aryl methyl sites for hydroxylation is 1. The summed E-state index contributed by atoms with van der Waals surface area (Å²) in [5, 5.41) is 3.40. The Morgan fingerprint density at radius 2 is 1.90 bits per heavy atom. The molecule has 21 heavy (non-hydrogen) atoms. The van der Waals surface area contributed by atoms with Gasteiger partial charge >= 0.3 is 0 Å². The molecule has 2 heterocycles. The predicted octanol–water partition coefficient (Wildman–Crippen LogP) is 2.80. The minimum atomic E-state index is 0.836. The van der Waals surface area contributed by atoms with Crippen LogP contribution < -0.4 is 10.2 Å². The maximum atomic E-state index is 4.69. The summed E-state index contributed by atoms with van der Waals surface area (Å²) in [4.78, 5) is 11.5. The maximum Gasteiger partial charge on any atom is 0.226 e. The highest BCUT2D eigenvalue weighted by Gasteiger charge is 2.20. The Morgan fingerprint density at radius 3 is 2.52 bits per heavy atom. The average Bonchev–Trinajstić information content (AvgIpc) is 2.93. The van der Waals surface area contributed by atoms with E-state index in [9.17, 15) is 0 Å². The van der Waals surface area contributed by atoms with Crippen molar-refractivity contribution in [1.29, 1.82) is 0 Å². The summed E-state index contributed by atoms with van der Waals surface area (Å²) in [6, 6.07) is 8.56. The number of hydrogen-bond donors (Lipinski definition) is 1. The molecule has 0 saturated heterocycles. The second-order valence-corrected chi connectivity index (χ2v) is 5.58. The van der Waals surface area contributed by atoms with Gasteiger partial charge < -0.3 is 10.2 Å². The first-order valence-corrected chi connectivity index (χ1v) is 7.63. The SMILES string of the molecule is CCCNCc1cnc(N2Cc3ccccc3C2)nc1C. The summed E-state index contributed by atoms with van der Waals surface area (Å²) in [7, 11) is 0. The minimum absolute atomic E-state index is 0.836. The van der Waals surface area contributed by atoms with Gasteiger partial charge in [0.05, 0.1) is 0 Å². The molecule has 0 aliphatic carbocycles. The highest BCUT2D eigenvalue weighted by Crippen LogP contribution is 2.25. The lowest BCUT2D eigenvalue weighted by Gasteiger charge is -2.16. The lowest BCUT2D eigenvalue weighted by Crippen LogP contribution is -2.20. The van der Waals surface area contributed by atoms with Crippen LogP contribution in [0.3, 0.4) is 0 Å². The third-order valence-corrected chi connectivity index (χ3v) is 3.93. The number of rotatable bonds is 5. The van der Waals surface area contributed by atoms with Crippen molar-refractivity contribution in [1.82, 2.24) is 15.3 Å². The normalized spacial score (nSPS) is 13.5. The first kappa shape index (κ1) is 14.0. The molecule has 1 aliphatic heterocycles. The molecule has 1 aromatic heterocycles. The van der Waals surface area contributed by atoms with Crippen LogP contribution in [-0.4, -0.2) is 16.5 Å². The number of anilines is 1. The molecule has 0 spiro atoms. The summed E-state index contributed by atoms with van der Waals surface area (Å²) >= 11 is 0. The summed E-state index contributed by atoms with van der Waals surface area (Å²) in [5.41, 5.74) is 5.02. The minimum Gasteiger partial charge on any atom is -0.332 e. The molecule has 1 aliphatic rings. The van der Waals surface area contributed by atoms with Crippen LogP contribution in [0.15, 0.2) is 30.5 Å². The molecule has 0 radical (unpaired) electrons. The smallest absolute Gasteiger partial charge is 0.226 e. The summed E-state index contributed by atoms with van der Waals surface area (Å²) in [6.45, 7) is 7.93. The zero-order chi connectivity index (χ0) is 14.7. The summed E-state index contributed by atoms with van der Waals surface area (Å²) in [5.74, 6) is 0.836. The fourth-order valence-electron chi connectivity index (χ4n) is 2.68. The Hall–Kier alpha value is -1.94. The summed E-state index contributed by atoms with van der Waals surface area (Å²) < 4.78 is 0. The lowest BCUT2D eigenvalue weighted by molar-refractivity contribution is 0.667. The largest absolute Gasteiger partial charge is 0.332 e. The number of nitrogens with one attached hydrogen (secondary N) is 1. The van der Waals surface area contributed by atoms with Crippen molar-refractivity contribution in [2.75, 3.05) is 11.4 Å². The Balaban J connectivity index is 1.72. The van der Waals surface area contributed by atoms with E-state index >= 15 is 0 Å². The van der Waals surface area contributed by atoms with Crippen LogP contribution >= 0.6 is 0 Å². The molecule has 1 aromatic carbocycles. The van der Waals surface area contributed by atoms with Crippen molar-refractivity contribution in [3.63, 3.8) is 0 Å². The van der Waals surface area contributed by atoms with Crippen LogP contribution in [0.5, 0.6) is 0 Å². The first-order chi connectivity index (χ1) is 10.3. The molecular weight excluding hydrogens is 260 g/mol. The van der Waals surface area contributed by atoms with Crippen molar-refractivity contribution >= 4 is 5.95 Å². The molecule has 110 valence electrons. The van der Waals surface area contributed by atoms with Gasteiger partial charge in [-0.3, -0.25) is 0 Å². The van der Waals surface area contributed by atoms with Gasteiger partial charge in [-0.2, -0.15) is 0 Å². The average molecular weight is 282 g/mol. The second-order valence-electron chi connectivity index (χ2n) is 5.58. The van der Waals surface area contributed by atoms with Crippen molar-refractivity contribution in [3.05, 3.63) is 52.8 Å². The molecule has 4 nitrogen and oxygen atoms in total. The molecule has 0 atom stereocenters. The van der Waals surface area contributed by atoms with Crippen LogP contribution in [-0.2, 0) is 19.6 Å².